The minimum absolute atomic E-state index is 0.0238. The lowest BCUT2D eigenvalue weighted by molar-refractivity contribution is 0.0936. The number of hydrogen-bond acceptors (Lipinski definition) is 4. The third-order valence-corrected chi connectivity index (χ3v) is 4.17. The molecule has 1 aromatic heterocycles. The van der Waals surface area contributed by atoms with Gasteiger partial charge in [-0.15, -0.1) is 0 Å². The SMILES string of the molecule is C[C@@H](NC(=O)c1ccccc1S(C)(=O)=O)c1ccccn1. The van der Waals surface area contributed by atoms with E-state index in [1.165, 1.54) is 12.1 Å². The monoisotopic (exact) mass is 304 g/mol. The van der Waals surface area contributed by atoms with E-state index in [9.17, 15) is 13.2 Å². The Morgan fingerprint density at radius 1 is 1.14 bits per heavy atom. The molecular formula is C15H16N2O3S. The van der Waals surface area contributed by atoms with E-state index >= 15 is 0 Å². The van der Waals surface area contributed by atoms with E-state index in [-0.39, 0.29) is 16.5 Å². The topological polar surface area (TPSA) is 76.1 Å². The van der Waals surface area contributed by atoms with Gasteiger partial charge in [0.2, 0.25) is 0 Å². The molecule has 0 saturated heterocycles. The lowest BCUT2D eigenvalue weighted by atomic mass is 10.1. The molecule has 0 aliphatic heterocycles. The van der Waals surface area contributed by atoms with Crippen LogP contribution in [0.1, 0.15) is 29.0 Å². The minimum Gasteiger partial charge on any atom is -0.344 e. The van der Waals surface area contributed by atoms with Crippen LogP contribution in [0.15, 0.2) is 53.6 Å². The van der Waals surface area contributed by atoms with E-state index in [2.05, 4.69) is 10.3 Å². The lowest BCUT2D eigenvalue weighted by Crippen LogP contribution is -2.28. The van der Waals surface area contributed by atoms with Gasteiger partial charge in [-0.25, -0.2) is 8.42 Å². The molecule has 2 aromatic rings. The quantitative estimate of drug-likeness (QED) is 0.937. The first-order chi connectivity index (χ1) is 9.89. The Morgan fingerprint density at radius 2 is 1.81 bits per heavy atom. The fourth-order valence-corrected chi connectivity index (χ4v) is 2.84. The normalized spacial score (nSPS) is 12.7. The molecule has 5 nitrogen and oxygen atoms in total. The first-order valence-electron chi connectivity index (χ1n) is 6.40. The van der Waals surface area contributed by atoms with E-state index < -0.39 is 15.7 Å². The molecule has 0 aliphatic carbocycles. The predicted molar refractivity (Wildman–Crippen MR) is 79.7 cm³/mol. The molecule has 0 aliphatic rings. The van der Waals surface area contributed by atoms with Crippen LogP contribution in [0, 0.1) is 0 Å². The molecule has 6 heteroatoms. The second-order valence-corrected chi connectivity index (χ2v) is 6.70. The zero-order valence-corrected chi connectivity index (χ0v) is 12.6. The summed E-state index contributed by atoms with van der Waals surface area (Å²) in [5.41, 5.74) is 0.852. The maximum atomic E-state index is 12.3. The number of carbonyl (C=O) groups excluding carboxylic acids is 1. The van der Waals surface area contributed by atoms with Gasteiger partial charge in [-0.1, -0.05) is 18.2 Å². The molecule has 21 heavy (non-hydrogen) atoms. The Labute approximate surface area is 124 Å². The van der Waals surface area contributed by atoms with Crippen molar-refractivity contribution in [2.75, 3.05) is 6.26 Å². The van der Waals surface area contributed by atoms with E-state index in [0.717, 1.165) is 6.26 Å². The number of carbonyl (C=O) groups is 1. The number of hydrogen-bond donors (Lipinski definition) is 1. The van der Waals surface area contributed by atoms with Crippen molar-refractivity contribution in [3.8, 4) is 0 Å². The molecule has 110 valence electrons. The number of sulfone groups is 1. The van der Waals surface area contributed by atoms with Crippen molar-refractivity contribution in [3.05, 3.63) is 59.9 Å². The largest absolute Gasteiger partial charge is 0.344 e. The van der Waals surface area contributed by atoms with Crippen LogP contribution in [0.2, 0.25) is 0 Å². The molecule has 1 heterocycles. The van der Waals surface area contributed by atoms with Crippen molar-refractivity contribution >= 4 is 15.7 Å². The number of benzene rings is 1. The molecule has 0 fully saturated rings. The second kappa shape index (κ2) is 6.05. The molecule has 2 rings (SSSR count). The summed E-state index contributed by atoms with van der Waals surface area (Å²) in [5.74, 6) is -0.436. The van der Waals surface area contributed by atoms with E-state index in [4.69, 9.17) is 0 Å². The predicted octanol–water partition coefficient (Wildman–Crippen LogP) is 1.98. The number of amides is 1. The Hall–Kier alpha value is -2.21. The molecule has 0 bridgehead atoms. The zero-order valence-electron chi connectivity index (χ0n) is 11.8. The summed E-state index contributed by atoms with van der Waals surface area (Å²) >= 11 is 0. The van der Waals surface area contributed by atoms with E-state index in [1.807, 2.05) is 6.07 Å². The summed E-state index contributed by atoms with van der Waals surface area (Å²) in [4.78, 5) is 16.5. The van der Waals surface area contributed by atoms with Crippen LogP contribution in [-0.4, -0.2) is 25.6 Å². The third-order valence-electron chi connectivity index (χ3n) is 3.01. The van der Waals surface area contributed by atoms with Gasteiger partial charge in [-0.2, -0.15) is 0 Å². The second-order valence-electron chi connectivity index (χ2n) is 4.72. The van der Waals surface area contributed by atoms with Crippen LogP contribution in [0.4, 0.5) is 0 Å². The van der Waals surface area contributed by atoms with Crippen molar-refractivity contribution < 1.29 is 13.2 Å². The number of aromatic nitrogens is 1. The van der Waals surface area contributed by atoms with Gasteiger partial charge in [-0.3, -0.25) is 9.78 Å². The Balaban J connectivity index is 2.26. The van der Waals surface area contributed by atoms with Gasteiger partial charge in [0, 0.05) is 12.5 Å². The lowest BCUT2D eigenvalue weighted by Gasteiger charge is -2.14. The Bertz CT molecular complexity index is 743. The van der Waals surface area contributed by atoms with Crippen molar-refractivity contribution in [1.82, 2.24) is 10.3 Å². The number of pyridine rings is 1. The van der Waals surface area contributed by atoms with Crippen molar-refractivity contribution in [3.63, 3.8) is 0 Å². The van der Waals surface area contributed by atoms with Crippen LogP contribution in [0.5, 0.6) is 0 Å². The first kappa shape index (κ1) is 15.2. The molecule has 0 spiro atoms. The van der Waals surface area contributed by atoms with Gasteiger partial charge >= 0.3 is 0 Å². The van der Waals surface area contributed by atoms with Gasteiger partial charge in [0.25, 0.3) is 5.91 Å². The summed E-state index contributed by atoms with van der Waals surface area (Å²) < 4.78 is 23.4. The minimum atomic E-state index is -3.46. The molecule has 1 aromatic carbocycles. The van der Waals surface area contributed by atoms with E-state index in [1.54, 1.807) is 37.4 Å². The van der Waals surface area contributed by atoms with Crippen molar-refractivity contribution in [2.24, 2.45) is 0 Å². The van der Waals surface area contributed by atoms with Gasteiger partial charge in [0.05, 0.1) is 22.2 Å². The summed E-state index contributed by atoms with van der Waals surface area (Å²) in [6, 6.07) is 11.3. The first-order valence-corrected chi connectivity index (χ1v) is 8.29. The van der Waals surface area contributed by atoms with E-state index in [0.29, 0.717) is 5.69 Å². The fourth-order valence-electron chi connectivity index (χ4n) is 1.96. The molecule has 0 radical (unpaired) electrons. The average molecular weight is 304 g/mol. The van der Waals surface area contributed by atoms with Crippen LogP contribution >= 0.6 is 0 Å². The Kier molecular flexibility index (Phi) is 4.37. The average Bonchev–Trinajstić information content (AvgIpc) is 2.47. The number of nitrogens with one attached hydrogen (secondary N) is 1. The van der Waals surface area contributed by atoms with Crippen LogP contribution < -0.4 is 5.32 Å². The van der Waals surface area contributed by atoms with Crippen LogP contribution in [0.25, 0.3) is 0 Å². The van der Waals surface area contributed by atoms with Crippen molar-refractivity contribution in [2.45, 2.75) is 17.9 Å². The van der Waals surface area contributed by atoms with Crippen molar-refractivity contribution in [1.29, 1.82) is 0 Å². The molecule has 1 atom stereocenters. The highest BCUT2D eigenvalue weighted by atomic mass is 32.2. The molecule has 0 unspecified atom stereocenters. The summed E-state index contributed by atoms with van der Waals surface area (Å²) in [5, 5.41) is 2.76. The number of rotatable bonds is 4. The van der Waals surface area contributed by atoms with Gasteiger partial charge in [-0.05, 0) is 31.2 Å². The standard InChI is InChI=1S/C15H16N2O3S/c1-11(13-8-5-6-10-16-13)17-15(18)12-7-3-4-9-14(12)21(2,19)20/h3-11H,1-2H3,(H,17,18)/t11-/m1/s1. The van der Waals surface area contributed by atoms with Crippen LogP contribution in [0.3, 0.4) is 0 Å². The third kappa shape index (κ3) is 3.66. The highest BCUT2D eigenvalue weighted by molar-refractivity contribution is 7.90. The molecule has 1 N–H and O–H groups in total. The summed E-state index contributed by atoms with van der Waals surface area (Å²) in [7, 11) is -3.46. The fraction of sp³-hybridized carbons (Fsp3) is 0.200. The van der Waals surface area contributed by atoms with Gasteiger partial charge in [0.1, 0.15) is 0 Å². The Morgan fingerprint density at radius 3 is 2.43 bits per heavy atom. The molecule has 1 amide bonds. The highest BCUT2D eigenvalue weighted by Gasteiger charge is 2.19. The highest BCUT2D eigenvalue weighted by Crippen LogP contribution is 2.17. The zero-order chi connectivity index (χ0) is 15.5. The van der Waals surface area contributed by atoms with Crippen LogP contribution in [-0.2, 0) is 9.84 Å². The van der Waals surface area contributed by atoms with Gasteiger partial charge in [0.15, 0.2) is 9.84 Å². The molecular weight excluding hydrogens is 288 g/mol. The maximum absolute atomic E-state index is 12.3. The summed E-state index contributed by atoms with van der Waals surface area (Å²) in [6.45, 7) is 1.79. The van der Waals surface area contributed by atoms with Gasteiger partial charge < -0.3 is 5.32 Å². The number of nitrogens with zero attached hydrogens (tertiary/aromatic N) is 1. The molecule has 0 saturated carbocycles. The smallest absolute Gasteiger partial charge is 0.253 e. The maximum Gasteiger partial charge on any atom is 0.253 e. The summed E-state index contributed by atoms with van der Waals surface area (Å²) in [6.07, 6.45) is 2.73.